The summed E-state index contributed by atoms with van der Waals surface area (Å²) in [6.07, 6.45) is 0. The Labute approximate surface area is 202 Å². The predicted molar refractivity (Wildman–Crippen MR) is 131 cm³/mol. The third-order valence-electron chi connectivity index (χ3n) is 5.81. The minimum atomic E-state index is -0.114. The van der Waals surface area contributed by atoms with Gasteiger partial charge in [0.2, 0.25) is 6.79 Å². The Balaban J connectivity index is 1.51. The highest BCUT2D eigenvalue weighted by Gasteiger charge is 2.24. The van der Waals surface area contributed by atoms with Crippen molar-refractivity contribution in [1.29, 1.82) is 0 Å². The molecular weight excluding hydrogens is 448 g/mol. The molecule has 0 spiro atoms. The molecule has 4 aromatic rings. The van der Waals surface area contributed by atoms with Crippen LogP contribution in [0, 0.1) is 0 Å². The molecule has 7 heteroatoms. The van der Waals surface area contributed by atoms with Crippen molar-refractivity contribution in [2.24, 2.45) is 0 Å². The van der Waals surface area contributed by atoms with Gasteiger partial charge in [-0.25, -0.2) is 0 Å². The van der Waals surface area contributed by atoms with Crippen molar-refractivity contribution in [1.82, 2.24) is 0 Å². The van der Waals surface area contributed by atoms with Crippen LogP contribution in [0.1, 0.15) is 5.56 Å². The fourth-order valence-electron chi connectivity index (χ4n) is 4.08. The lowest BCUT2D eigenvalue weighted by Gasteiger charge is -2.18. The van der Waals surface area contributed by atoms with Gasteiger partial charge in [0.05, 0.1) is 19.8 Å². The summed E-state index contributed by atoms with van der Waals surface area (Å²) in [5, 5.41) is 21.9. The zero-order chi connectivity index (χ0) is 24.4. The van der Waals surface area contributed by atoms with E-state index in [9.17, 15) is 10.2 Å². The summed E-state index contributed by atoms with van der Waals surface area (Å²) in [5.74, 6) is 2.11. The third-order valence-corrected chi connectivity index (χ3v) is 5.81. The molecule has 7 nitrogen and oxygen atoms in total. The zero-order valence-corrected chi connectivity index (χ0v) is 19.3. The molecule has 1 aliphatic rings. The fraction of sp³-hybridized carbons (Fsp3) is 0.143. The Morgan fingerprint density at radius 3 is 2.29 bits per heavy atom. The van der Waals surface area contributed by atoms with Crippen LogP contribution < -0.4 is 23.7 Å². The SMILES string of the molecule is COc1cc(-c2ccc3c(c2)OCO3)c(OC)c(O)c1-c1ccc(OCc2ccccc2)c(O)c1. The molecular formula is C28H24O7. The standard InChI is InChI=1S/C28H24O7/c1-31-25-14-20(18-8-11-23-24(13-18)35-16-34-23)28(32-2)27(30)26(25)19-9-10-22(21(29)12-19)33-15-17-6-4-3-5-7-17/h3-14,29-30H,15-16H2,1-2H3. The van der Waals surface area contributed by atoms with E-state index in [1.807, 2.05) is 42.5 Å². The average molecular weight is 472 g/mol. The molecule has 0 radical (unpaired) electrons. The van der Waals surface area contributed by atoms with Crippen LogP contribution in [-0.4, -0.2) is 31.2 Å². The van der Waals surface area contributed by atoms with Crippen molar-refractivity contribution < 1.29 is 33.9 Å². The van der Waals surface area contributed by atoms with Gasteiger partial charge in [0.15, 0.2) is 34.5 Å². The van der Waals surface area contributed by atoms with Crippen molar-refractivity contribution in [3.8, 4) is 62.5 Å². The lowest BCUT2D eigenvalue weighted by atomic mass is 9.96. The first-order chi connectivity index (χ1) is 17.1. The van der Waals surface area contributed by atoms with E-state index in [1.165, 1.54) is 20.3 Å². The van der Waals surface area contributed by atoms with Gasteiger partial charge in [0.25, 0.3) is 0 Å². The van der Waals surface area contributed by atoms with Crippen molar-refractivity contribution >= 4 is 0 Å². The Morgan fingerprint density at radius 1 is 0.771 bits per heavy atom. The second kappa shape index (κ2) is 9.38. The average Bonchev–Trinajstić information content (AvgIpc) is 3.36. The van der Waals surface area contributed by atoms with E-state index in [-0.39, 0.29) is 24.0 Å². The zero-order valence-electron chi connectivity index (χ0n) is 19.3. The van der Waals surface area contributed by atoms with E-state index < -0.39 is 0 Å². The molecule has 0 aromatic heterocycles. The van der Waals surface area contributed by atoms with Crippen molar-refractivity contribution in [3.05, 3.63) is 78.4 Å². The molecule has 0 amide bonds. The molecule has 2 N–H and O–H groups in total. The van der Waals surface area contributed by atoms with Gasteiger partial charge in [-0.15, -0.1) is 0 Å². The molecule has 0 saturated heterocycles. The minimum absolute atomic E-state index is 0.0568. The maximum Gasteiger partial charge on any atom is 0.231 e. The Morgan fingerprint density at radius 2 is 1.54 bits per heavy atom. The molecule has 0 bridgehead atoms. The number of hydrogen-bond acceptors (Lipinski definition) is 7. The first kappa shape index (κ1) is 22.3. The molecule has 0 unspecified atom stereocenters. The third kappa shape index (κ3) is 4.24. The van der Waals surface area contributed by atoms with Gasteiger partial charge < -0.3 is 33.9 Å². The molecule has 4 aromatic carbocycles. The Bertz CT molecular complexity index is 1370. The van der Waals surface area contributed by atoms with E-state index in [0.29, 0.717) is 46.3 Å². The summed E-state index contributed by atoms with van der Waals surface area (Å²) in [4.78, 5) is 0. The van der Waals surface area contributed by atoms with Crippen molar-refractivity contribution in [3.63, 3.8) is 0 Å². The first-order valence-electron chi connectivity index (χ1n) is 11.0. The molecule has 1 aliphatic heterocycles. The number of rotatable bonds is 7. The van der Waals surface area contributed by atoms with Gasteiger partial charge in [0, 0.05) is 5.56 Å². The molecule has 1 heterocycles. The summed E-state index contributed by atoms with van der Waals surface area (Å²) in [6, 6.07) is 21.9. The van der Waals surface area contributed by atoms with Gasteiger partial charge in [-0.3, -0.25) is 0 Å². The van der Waals surface area contributed by atoms with Gasteiger partial charge in [0.1, 0.15) is 12.4 Å². The minimum Gasteiger partial charge on any atom is -0.504 e. The van der Waals surface area contributed by atoms with Crippen LogP contribution in [0.25, 0.3) is 22.3 Å². The van der Waals surface area contributed by atoms with E-state index in [4.69, 9.17) is 23.7 Å². The fourth-order valence-corrected chi connectivity index (χ4v) is 4.08. The molecule has 0 aliphatic carbocycles. The number of ether oxygens (including phenoxy) is 5. The van der Waals surface area contributed by atoms with Crippen LogP contribution in [0.15, 0.2) is 72.8 Å². The first-order valence-corrected chi connectivity index (χ1v) is 11.0. The maximum atomic E-state index is 11.2. The van der Waals surface area contributed by atoms with Crippen LogP contribution in [0.5, 0.6) is 40.2 Å². The Kier molecular flexibility index (Phi) is 5.97. The molecule has 35 heavy (non-hydrogen) atoms. The highest BCUT2D eigenvalue weighted by Crippen LogP contribution is 2.51. The van der Waals surface area contributed by atoms with Gasteiger partial charge in [-0.2, -0.15) is 0 Å². The second-order valence-corrected chi connectivity index (χ2v) is 7.91. The Hall–Kier alpha value is -4.52. The molecule has 0 saturated carbocycles. The number of phenols is 2. The highest BCUT2D eigenvalue weighted by atomic mass is 16.7. The van der Waals surface area contributed by atoms with Crippen molar-refractivity contribution in [2.45, 2.75) is 6.61 Å². The lowest BCUT2D eigenvalue weighted by molar-refractivity contribution is 0.174. The number of aromatic hydroxyl groups is 2. The van der Waals surface area contributed by atoms with E-state index in [0.717, 1.165) is 11.1 Å². The summed E-state index contributed by atoms with van der Waals surface area (Å²) in [6.45, 7) is 0.484. The van der Waals surface area contributed by atoms with E-state index >= 15 is 0 Å². The monoisotopic (exact) mass is 472 g/mol. The quantitative estimate of drug-likeness (QED) is 0.354. The smallest absolute Gasteiger partial charge is 0.231 e. The number of phenolic OH excluding ortho intramolecular Hbond substituents is 2. The predicted octanol–water partition coefficient (Wildman–Crippen LogP) is 5.76. The summed E-state index contributed by atoms with van der Waals surface area (Å²) in [5.41, 5.74) is 3.30. The van der Waals surface area contributed by atoms with Gasteiger partial charge in [-0.1, -0.05) is 42.5 Å². The summed E-state index contributed by atoms with van der Waals surface area (Å²) < 4.78 is 27.9. The normalized spacial score (nSPS) is 11.8. The summed E-state index contributed by atoms with van der Waals surface area (Å²) >= 11 is 0. The topological polar surface area (TPSA) is 86.6 Å². The molecule has 0 fully saturated rings. The van der Waals surface area contributed by atoms with Crippen LogP contribution in [-0.2, 0) is 6.61 Å². The van der Waals surface area contributed by atoms with Gasteiger partial charge >= 0.3 is 0 Å². The molecule has 5 rings (SSSR count). The highest BCUT2D eigenvalue weighted by molar-refractivity contribution is 5.88. The van der Waals surface area contributed by atoms with Crippen LogP contribution in [0.2, 0.25) is 0 Å². The second-order valence-electron chi connectivity index (χ2n) is 7.91. The largest absolute Gasteiger partial charge is 0.504 e. The number of hydrogen-bond donors (Lipinski definition) is 2. The van der Waals surface area contributed by atoms with E-state index in [1.54, 1.807) is 24.3 Å². The lowest BCUT2D eigenvalue weighted by Crippen LogP contribution is -1.97. The van der Waals surface area contributed by atoms with E-state index in [2.05, 4.69) is 0 Å². The number of methoxy groups -OCH3 is 2. The van der Waals surface area contributed by atoms with Gasteiger partial charge in [-0.05, 0) is 47.0 Å². The molecule has 178 valence electrons. The summed E-state index contributed by atoms with van der Waals surface area (Å²) in [7, 11) is 3.01. The van der Waals surface area contributed by atoms with Crippen LogP contribution in [0.4, 0.5) is 0 Å². The number of fused-ring (bicyclic) bond motifs is 1. The number of benzene rings is 4. The van der Waals surface area contributed by atoms with Crippen LogP contribution >= 0.6 is 0 Å². The van der Waals surface area contributed by atoms with Crippen molar-refractivity contribution in [2.75, 3.05) is 21.0 Å². The maximum absolute atomic E-state index is 11.2. The molecule has 0 atom stereocenters. The van der Waals surface area contributed by atoms with Crippen LogP contribution in [0.3, 0.4) is 0 Å².